The average Bonchev–Trinajstić information content (AvgIpc) is 2.38. The number of amides is 1. The summed E-state index contributed by atoms with van der Waals surface area (Å²) in [6, 6.07) is 0. The molecule has 0 atom stereocenters. The van der Waals surface area contributed by atoms with Crippen molar-refractivity contribution in [2.45, 2.75) is 13.5 Å². The van der Waals surface area contributed by atoms with Gasteiger partial charge in [0.25, 0.3) is 0 Å². The zero-order chi connectivity index (χ0) is 10.5. The monoisotopic (exact) mass is 193 g/mol. The van der Waals surface area contributed by atoms with Crippen LogP contribution in [0.15, 0.2) is 4.79 Å². The van der Waals surface area contributed by atoms with Crippen molar-refractivity contribution in [3.8, 4) is 0 Å². The smallest absolute Gasteiger partial charge is 0.316 e. The summed E-state index contributed by atoms with van der Waals surface area (Å²) in [7, 11) is 1.69. The molecule has 14 heavy (non-hydrogen) atoms. The van der Waals surface area contributed by atoms with E-state index in [1.807, 2.05) is 0 Å². The molecule has 0 bridgehead atoms. The van der Waals surface area contributed by atoms with Crippen LogP contribution in [-0.2, 0) is 11.3 Å². The Morgan fingerprint density at radius 2 is 2.07 bits per heavy atom. The lowest BCUT2D eigenvalue weighted by molar-refractivity contribution is -0.128. The van der Waals surface area contributed by atoms with Gasteiger partial charge >= 0.3 is 5.69 Å². The van der Waals surface area contributed by atoms with Gasteiger partial charge in [0.05, 0.1) is 10.7 Å². The highest BCUT2D eigenvalue weighted by molar-refractivity contribution is 5.83. The van der Waals surface area contributed by atoms with E-state index >= 15 is 0 Å². The lowest BCUT2D eigenvalue weighted by Gasteiger charge is -2.22. The van der Waals surface area contributed by atoms with Crippen molar-refractivity contribution < 1.29 is 4.79 Å². The van der Waals surface area contributed by atoms with Crippen molar-refractivity contribution >= 4 is 18.2 Å². The van der Waals surface area contributed by atoms with Crippen LogP contribution < -0.4 is 16.4 Å². The summed E-state index contributed by atoms with van der Waals surface area (Å²) in [6.07, 6.45) is 0. The highest BCUT2D eigenvalue weighted by atomic mass is 16.2. The number of hydrogen-bond donors (Lipinski definition) is 1. The Balaban J connectivity index is 2.96. The zero-order valence-corrected chi connectivity index (χ0v) is 8.13. The summed E-state index contributed by atoms with van der Waals surface area (Å²) in [6.45, 7) is 5.62. The summed E-state index contributed by atoms with van der Waals surface area (Å²) in [5, 5.41) is 1.28. The number of aromatic nitrogens is 2. The van der Waals surface area contributed by atoms with E-state index in [9.17, 15) is 9.59 Å². The van der Waals surface area contributed by atoms with Crippen molar-refractivity contribution in [3.63, 3.8) is 0 Å². The number of carbonyl (C=O) groups is 1. The maximum absolute atomic E-state index is 11.4. The molecule has 5 heteroatoms. The Hall–Kier alpha value is -1.78. The van der Waals surface area contributed by atoms with E-state index in [0.29, 0.717) is 5.35 Å². The van der Waals surface area contributed by atoms with Gasteiger partial charge in [-0.05, 0) is 6.92 Å². The summed E-state index contributed by atoms with van der Waals surface area (Å²) in [4.78, 5) is 26.9. The molecular weight excluding hydrogens is 182 g/mol. The van der Waals surface area contributed by atoms with E-state index in [2.05, 4.69) is 11.6 Å². The number of rotatable bonds is 0. The largest absolute Gasteiger partial charge is 0.326 e. The van der Waals surface area contributed by atoms with Gasteiger partial charge in [-0.1, -0.05) is 6.58 Å². The highest BCUT2D eigenvalue weighted by Crippen LogP contribution is 2.02. The Bertz CT molecular complexity index is 564. The first-order valence-electron chi connectivity index (χ1n) is 4.27. The number of fused-ring (bicyclic) bond motifs is 1. The second-order valence-electron chi connectivity index (χ2n) is 3.38. The highest BCUT2D eigenvalue weighted by Gasteiger charge is 2.20. The minimum Gasteiger partial charge on any atom is -0.316 e. The van der Waals surface area contributed by atoms with Crippen LogP contribution in [0.2, 0.25) is 0 Å². The second-order valence-corrected chi connectivity index (χ2v) is 3.38. The Morgan fingerprint density at radius 1 is 1.43 bits per heavy atom. The van der Waals surface area contributed by atoms with Crippen LogP contribution in [0.4, 0.5) is 0 Å². The molecule has 0 saturated heterocycles. The minimum absolute atomic E-state index is 0.0869. The predicted octanol–water partition coefficient (Wildman–Crippen LogP) is -1.81. The van der Waals surface area contributed by atoms with Gasteiger partial charge < -0.3 is 9.88 Å². The number of nitrogens with zero attached hydrogens (tertiary/aromatic N) is 2. The van der Waals surface area contributed by atoms with Gasteiger partial charge in [-0.15, -0.1) is 0 Å². The van der Waals surface area contributed by atoms with Crippen LogP contribution >= 0.6 is 0 Å². The number of aromatic amines is 1. The number of likely N-dealkylation sites (N-methyl/N-ethyl adjacent to an activating group) is 1. The van der Waals surface area contributed by atoms with Crippen LogP contribution in [-0.4, -0.2) is 27.4 Å². The number of imidazole rings is 1. The quantitative estimate of drug-likeness (QED) is 0.528. The fraction of sp³-hybridized carbons (Fsp3) is 0.333. The lowest BCUT2D eigenvalue weighted by atomic mass is 10.3. The third-order valence-corrected chi connectivity index (χ3v) is 2.57. The molecule has 0 fully saturated rings. The van der Waals surface area contributed by atoms with Crippen molar-refractivity contribution in [2.24, 2.45) is 0 Å². The van der Waals surface area contributed by atoms with E-state index in [4.69, 9.17) is 0 Å². The summed E-state index contributed by atoms with van der Waals surface area (Å²) in [5.74, 6) is -0.0869. The van der Waals surface area contributed by atoms with E-state index in [1.165, 1.54) is 9.47 Å². The predicted molar refractivity (Wildman–Crippen MR) is 51.7 cm³/mol. The van der Waals surface area contributed by atoms with E-state index in [-0.39, 0.29) is 18.1 Å². The Morgan fingerprint density at radius 3 is 2.71 bits per heavy atom. The van der Waals surface area contributed by atoms with Crippen LogP contribution in [0, 0.1) is 0 Å². The molecule has 0 spiro atoms. The minimum atomic E-state index is -0.272. The first-order chi connectivity index (χ1) is 6.52. The van der Waals surface area contributed by atoms with Crippen LogP contribution in [0.25, 0.3) is 12.3 Å². The molecule has 0 radical (unpaired) electrons. The SMILES string of the molecule is C=c1[nH]c(=O)n2c1=C(C)N(C)C(=O)C2. The topological polar surface area (TPSA) is 58.1 Å². The molecule has 1 aliphatic heterocycles. The van der Waals surface area contributed by atoms with Crippen molar-refractivity contribution in [1.82, 2.24) is 14.5 Å². The van der Waals surface area contributed by atoms with Gasteiger partial charge in [-0.25, -0.2) is 4.79 Å². The molecule has 1 aliphatic rings. The van der Waals surface area contributed by atoms with E-state index in [0.717, 1.165) is 11.0 Å². The molecule has 0 aromatic carbocycles. The summed E-state index contributed by atoms with van der Waals surface area (Å²) < 4.78 is 1.42. The van der Waals surface area contributed by atoms with Crippen LogP contribution in [0.5, 0.6) is 0 Å². The maximum Gasteiger partial charge on any atom is 0.326 e. The first kappa shape index (κ1) is 8.80. The molecule has 1 N–H and O–H groups in total. The van der Waals surface area contributed by atoms with Crippen molar-refractivity contribution in [1.29, 1.82) is 0 Å². The standard InChI is InChI=1S/C9H11N3O2/c1-5-8-6(2)11(3)7(13)4-12(8)9(14)10-5/h1,4H2,2-3H3,(H,10,14). The average molecular weight is 193 g/mol. The molecular formula is C9H11N3O2. The summed E-state index contributed by atoms with van der Waals surface area (Å²) >= 11 is 0. The lowest BCUT2D eigenvalue weighted by Crippen LogP contribution is -2.47. The Kier molecular flexibility index (Phi) is 1.64. The number of H-pyrrole nitrogens is 1. The Labute approximate surface area is 80.0 Å². The van der Waals surface area contributed by atoms with Crippen molar-refractivity contribution in [2.75, 3.05) is 7.05 Å². The van der Waals surface area contributed by atoms with Gasteiger partial charge in [-0.3, -0.25) is 9.36 Å². The molecule has 2 heterocycles. The molecule has 1 aromatic rings. The third-order valence-electron chi connectivity index (χ3n) is 2.57. The molecule has 0 saturated carbocycles. The maximum atomic E-state index is 11.4. The normalized spacial score (nSPS) is 16.0. The molecule has 5 nitrogen and oxygen atoms in total. The molecule has 1 amide bonds. The fourth-order valence-corrected chi connectivity index (χ4v) is 1.67. The number of carbonyl (C=O) groups excluding carboxylic acids is 1. The molecule has 2 rings (SSSR count). The van der Waals surface area contributed by atoms with Gasteiger partial charge in [0.15, 0.2) is 0 Å². The molecule has 74 valence electrons. The second kappa shape index (κ2) is 2.60. The first-order valence-corrected chi connectivity index (χ1v) is 4.27. The van der Waals surface area contributed by atoms with Gasteiger partial charge in [0.2, 0.25) is 5.91 Å². The molecule has 1 aromatic heterocycles. The van der Waals surface area contributed by atoms with Gasteiger partial charge in [0.1, 0.15) is 6.54 Å². The van der Waals surface area contributed by atoms with Gasteiger partial charge in [-0.2, -0.15) is 0 Å². The van der Waals surface area contributed by atoms with Crippen molar-refractivity contribution in [3.05, 3.63) is 21.2 Å². The summed E-state index contributed by atoms with van der Waals surface area (Å²) in [5.41, 5.74) is 0.482. The van der Waals surface area contributed by atoms with E-state index in [1.54, 1.807) is 14.0 Å². The number of nitrogens with one attached hydrogen (secondary N) is 1. The molecule has 0 unspecified atom stereocenters. The molecule has 0 aliphatic carbocycles. The van der Waals surface area contributed by atoms with E-state index < -0.39 is 0 Å². The van der Waals surface area contributed by atoms with Crippen LogP contribution in [0.1, 0.15) is 6.92 Å². The third kappa shape index (κ3) is 0.951. The van der Waals surface area contributed by atoms with Gasteiger partial charge in [0, 0.05) is 12.7 Å². The fourth-order valence-electron chi connectivity index (χ4n) is 1.67. The van der Waals surface area contributed by atoms with Crippen LogP contribution in [0.3, 0.4) is 0 Å². The number of hydrogen-bond acceptors (Lipinski definition) is 2. The zero-order valence-electron chi connectivity index (χ0n) is 8.13.